The Bertz CT molecular complexity index is 569. The highest BCUT2D eigenvalue weighted by Gasteiger charge is 2.22. The Hall–Kier alpha value is -2.20. The van der Waals surface area contributed by atoms with Gasteiger partial charge in [-0.15, -0.1) is 0 Å². The summed E-state index contributed by atoms with van der Waals surface area (Å²) < 4.78 is 0. The summed E-state index contributed by atoms with van der Waals surface area (Å²) in [5.74, 6) is 0. The van der Waals surface area contributed by atoms with Crippen LogP contribution in [0.5, 0.6) is 0 Å². The maximum atomic E-state index is 11.1. The minimum absolute atomic E-state index is 0.624. The molecule has 0 saturated heterocycles. The van der Waals surface area contributed by atoms with Crippen LogP contribution in [0.25, 0.3) is 0 Å². The van der Waals surface area contributed by atoms with Crippen molar-refractivity contribution in [3.63, 3.8) is 0 Å². The highest BCUT2D eigenvalue weighted by atomic mass is 35.5. The first-order valence-electron chi connectivity index (χ1n) is 5.47. The molecule has 1 aliphatic heterocycles. The van der Waals surface area contributed by atoms with E-state index in [2.05, 4.69) is 10.7 Å². The van der Waals surface area contributed by atoms with Gasteiger partial charge in [0.2, 0.25) is 0 Å². The van der Waals surface area contributed by atoms with Crippen molar-refractivity contribution < 1.29 is 4.79 Å². The Labute approximate surface area is 109 Å². The zero-order valence-corrected chi connectivity index (χ0v) is 10.1. The number of hydrogen-bond donors (Lipinski definition) is 2. The van der Waals surface area contributed by atoms with E-state index in [9.17, 15) is 4.79 Å². The maximum Gasteiger partial charge on any atom is 0.332 e. The third kappa shape index (κ3) is 1.76. The zero-order valence-electron chi connectivity index (χ0n) is 9.35. The molecule has 2 aromatic carbocycles. The molecule has 1 aliphatic rings. The highest BCUT2D eigenvalue weighted by Crippen LogP contribution is 2.41. The average molecular weight is 260 g/mol. The second kappa shape index (κ2) is 4.23. The molecule has 0 fully saturated rings. The van der Waals surface area contributed by atoms with Crippen molar-refractivity contribution in [3.8, 4) is 0 Å². The molecule has 0 bridgehead atoms. The smallest absolute Gasteiger partial charge is 0.332 e. The number of nitrogens with zero attached hydrogens (tertiary/aromatic N) is 1. The number of anilines is 4. The molecule has 4 nitrogen and oxygen atoms in total. The Morgan fingerprint density at radius 2 is 1.50 bits per heavy atom. The van der Waals surface area contributed by atoms with Crippen molar-refractivity contribution in [3.05, 3.63) is 48.5 Å². The molecule has 0 saturated carbocycles. The van der Waals surface area contributed by atoms with E-state index >= 15 is 0 Å². The molecular formula is C13H10ClN3O. The van der Waals surface area contributed by atoms with Crippen LogP contribution in [0.1, 0.15) is 0 Å². The van der Waals surface area contributed by atoms with Gasteiger partial charge < -0.3 is 5.32 Å². The first kappa shape index (κ1) is 10.9. The van der Waals surface area contributed by atoms with E-state index < -0.39 is 5.37 Å². The molecule has 2 aromatic rings. The second-order valence-corrected chi connectivity index (χ2v) is 4.22. The number of hydrazine groups is 1. The number of hydrogen-bond acceptors (Lipinski definition) is 3. The summed E-state index contributed by atoms with van der Waals surface area (Å²) in [5.41, 5.74) is 6.15. The Kier molecular flexibility index (Phi) is 2.57. The fraction of sp³-hybridized carbons (Fsp3) is 0. The van der Waals surface area contributed by atoms with Crippen LogP contribution in [0, 0.1) is 0 Å². The lowest BCUT2D eigenvalue weighted by Gasteiger charge is -2.32. The van der Waals surface area contributed by atoms with E-state index in [1.54, 1.807) is 5.01 Å². The monoisotopic (exact) mass is 259 g/mol. The first-order valence-corrected chi connectivity index (χ1v) is 5.85. The van der Waals surface area contributed by atoms with Crippen LogP contribution in [-0.4, -0.2) is 5.37 Å². The SMILES string of the molecule is O=C(Cl)NN1c2ccccc2Nc2ccccc21. The number of fused-ring (bicyclic) bond motifs is 2. The number of halogens is 1. The molecular weight excluding hydrogens is 250 g/mol. The number of carbonyl (C=O) groups excluding carboxylic acids is 1. The quantitative estimate of drug-likeness (QED) is 0.606. The minimum Gasteiger partial charge on any atom is -0.352 e. The molecule has 0 atom stereocenters. The largest absolute Gasteiger partial charge is 0.352 e. The van der Waals surface area contributed by atoms with Gasteiger partial charge in [0.15, 0.2) is 0 Å². The molecule has 1 amide bonds. The Morgan fingerprint density at radius 3 is 2.00 bits per heavy atom. The molecule has 5 heteroatoms. The van der Waals surface area contributed by atoms with Crippen LogP contribution < -0.4 is 15.8 Å². The summed E-state index contributed by atoms with van der Waals surface area (Å²) in [6, 6.07) is 15.4. The van der Waals surface area contributed by atoms with Gasteiger partial charge in [-0.1, -0.05) is 24.3 Å². The van der Waals surface area contributed by atoms with Crippen molar-refractivity contribution in [2.45, 2.75) is 0 Å². The third-order valence-corrected chi connectivity index (χ3v) is 2.84. The van der Waals surface area contributed by atoms with Gasteiger partial charge >= 0.3 is 5.37 Å². The molecule has 0 unspecified atom stereocenters. The summed E-state index contributed by atoms with van der Waals surface area (Å²) in [7, 11) is 0. The van der Waals surface area contributed by atoms with E-state index in [0.717, 1.165) is 22.7 Å². The van der Waals surface area contributed by atoms with E-state index in [1.165, 1.54) is 0 Å². The molecule has 0 aromatic heterocycles. The standard InChI is InChI=1S/C13H10ClN3O/c14-13(18)16-17-11-7-3-1-5-9(11)15-10-6-2-4-8-12(10)17/h1-8,15H,(H,16,18). The van der Waals surface area contributed by atoms with Crippen molar-refractivity contribution in [1.82, 2.24) is 5.43 Å². The van der Waals surface area contributed by atoms with Gasteiger partial charge in [-0.3, -0.25) is 4.79 Å². The number of carbonyl (C=O) groups is 1. The van der Waals surface area contributed by atoms with Gasteiger partial charge in [0.1, 0.15) is 0 Å². The molecule has 0 radical (unpaired) electrons. The lowest BCUT2D eigenvalue weighted by molar-refractivity contribution is 0.260. The number of para-hydroxylation sites is 4. The fourth-order valence-electron chi connectivity index (χ4n) is 2.03. The van der Waals surface area contributed by atoms with Gasteiger partial charge in [0.25, 0.3) is 0 Å². The predicted molar refractivity (Wildman–Crippen MR) is 72.7 cm³/mol. The number of nitrogens with one attached hydrogen (secondary N) is 2. The van der Waals surface area contributed by atoms with Crippen LogP contribution >= 0.6 is 11.6 Å². The van der Waals surface area contributed by atoms with E-state index in [0.29, 0.717) is 0 Å². The van der Waals surface area contributed by atoms with Gasteiger partial charge in [-0.25, -0.2) is 10.4 Å². The second-order valence-electron chi connectivity index (χ2n) is 3.88. The Balaban J connectivity index is 2.14. The van der Waals surface area contributed by atoms with E-state index in [1.807, 2.05) is 48.5 Å². The summed E-state index contributed by atoms with van der Waals surface area (Å²) in [5, 5.41) is 4.36. The zero-order chi connectivity index (χ0) is 12.5. The summed E-state index contributed by atoms with van der Waals surface area (Å²) >= 11 is 5.43. The molecule has 0 aliphatic carbocycles. The van der Waals surface area contributed by atoms with Crippen LogP contribution in [0.15, 0.2) is 48.5 Å². The van der Waals surface area contributed by atoms with Crippen LogP contribution in [0.4, 0.5) is 27.5 Å². The highest BCUT2D eigenvalue weighted by molar-refractivity contribution is 6.63. The van der Waals surface area contributed by atoms with Crippen molar-refractivity contribution >= 4 is 39.7 Å². The van der Waals surface area contributed by atoms with Gasteiger partial charge in [-0.05, 0) is 35.9 Å². The van der Waals surface area contributed by atoms with Gasteiger partial charge in [0, 0.05) is 0 Å². The fourth-order valence-corrected chi connectivity index (χ4v) is 2.12. The molecule has 1 heterocycles. The van der Waals surface area contributed by atoms with Crippen molar-refractivity contribution in [2.24, 2.45) is 0 Å². The summed E-state index contributed by atoms with van der Waals surface area (Å²) in [4.78, 5) is 11.1. The lowest BCUT2D eigenvalue weighted by Crippen LogP contribution is -2.37. The molecule has 0 spiro atoms. The van der Waals surface area contributed by atoms with Crippen LogP contribution in [0.3, 0.4) is 0 Å². The number of rotatable bonds is 1. The van der Waals surface area contributed by atoms with Gasteiger partial charge in [-0.2, -0.15) is 0 Å². The molecule has 18 heavy (non-hydrogen) atoms. The molecule has 2 N–H and O–H groups in total. The lowest BCUT2D eigenvalue weighted by atomic mass is 10.1. The van der Waals surface area contributed by atoms with Crippen LogP contribution in [-0.2, 0) is 0 Å². The number of amides is 1. The van der Waals surface area contributed by atoms with E-state index in [4.69, 9.17) is 11.6 Å². The summed E-state index contributed by atoms with van der Waals surface area (Å²) in [6.45, 7) is 0. The van der Waals surface area contributed by atoms with Crippen molar-refractivity contribution in [1.29, 1.82) is 0 Å². The Morgan fingerprint density at radius 1 is 1.00 bits per heavy atom. The predicted octanol–water partition coefficient (Wildman–Crippen LogP) is 3.75. The average Bonchev–Trinajstić information content (AvgIpc) is 2.38. The maximum absolute atomic E-state index is 11.1. The van der Waals surface area contributed by atoms with Crippen LogP contribution in [0.2, 0.25) is 0 Å². The van der Waals surface area contributed by atoms with E-state index in [-0.39, 0.29) is 0 Å². The topological polar surface area (TPSA) is 44.4 Å². The third-order valence-electron chi connectivity index (χ3n) is 2.76. The summed E-state index contributed by atoms with van der Waals surface area (Å²) in [6.07, 6.45) is 0. The number of benzene rings is 2. The van der Waals surface area contributed by atoms with Crippen molar-refractivity contribution in [2.75, 3.05) is 10.3 Å². The molecule has 3 rings (SSSR count). The van der Waals surface area contributed by atoms with Gasteiger partial charge in [0.05, 0.1) is 22.7 Å². The minimum atomic E-state index is -0.624. The normalized spacial score (nSPS) is 12.2. The molecule has 90 valence electrons. The first-order chi connectivity index (χ1) is 8.75.